The Kier molecular flexibility index (Phi) is 6.51. The summed E-state index contributed by atoms with van der Waals surface area (Å²) in [6, 6.07) is 15.3. The van der Waals surface area contributed by atoms with Crippen molar-refractivity contribution in [3.05, 3.63) is 70.8 Å². The van der Waals surface area contributed by atoms with Crippen molar-refractivity contribution in [1.29, 1.82) is 0 Å². The normalized spacial score (nSPS) is 13.3. The largest absolute Gasteiger partial charge is 0.270 e. The fraction of sp³-hybridized carbons (Fsp3) is 0.364. The lowest BCUT2D eigenvalue weighted by molar-refractivity contribution is 0.0642. The Balaban J connectivity index is 1.52. The second-order valence-electron chi connectivity index (χ2n) is 6.67. The molecule has 0 radical (unpaired) electrons. The van der Waals surface area contributed by atoms with Crippen molar-refractivity contribution in [2.24, 2.45) is 0 Å². The zero-order valence-corrected chi connectivity index (χ0v) is 16.1. The standard InChI is InChI=1S/C22H25NO2S/c1-2-3-4-7-14-26-16-18-12-10-17(11-13-18)15-23-21(24)19-8-5-6-9-20(19)22(23)25/h5-6,8-13H,2-4,7,14-16H2,1H3. The molecule has 136 valence electrons. The molecule has 0 N–H and O–H groups in total. The maximum atomic E-state index is 12.4. The van der Waals surface area contributed by atoms with Crippen molar-refractivity contribution >= 4 is 23.6 Å². The highest BCUT2D eigenvalue weighted by Crippen LogP contribution is 2.24. The van der Waals surface area contributed by atoms with Gasteiger partial charge in [-0.15, -0.1) is 0 Å². The van der Waals surface area contributed by atoms with E-state index in [4.69, 9.17) is 0 Å². The molecule has 0 atom stereocenters. The van der Waals surface area contributed by atoms with Crippen LogP contribution >= 0.6 is 11.8 Å². The first-order valence-corrected chi connectivity index (χ1v) is 10.5. The first-order chi connectivity index (χ1) is 12.7. The summed E-state index contributed by atoms with van der Waals surface area (Å²) in [4.78, 5) is 26.2. The van der Waals surface area contributed by atoms with Gasteiger partial charge in [0.25, 0.3) is 11.8 Å². The number of benzene rings is 2. The molecule has 2 aromatic rings. The minimum Gasteiger partial charge on any atom is -0.270 e. The Bertz CT molecular complexity index is 735. The van der Waals surface area contributed by atoms with Gasteiger partial charge in [-0.25, -0.2) is 0 Å². The number of fused-ring (bicyclic) bond motifs is 1. The summed E-state index contributed by atoms with van der Waals surface area (Å²) >= 11 is 1.97. The van der Waals surface area contributed by atoms with Crippen LogP contribution in [0.3, 0.4) is 0 Å². The van der Waals surface area contributed by atoms with Crippen LogP contribution in [0.15, 0.2) is 48.5 Å². The van der Waals surface area contributed by atoms with Gasteiger partial charge in [-0.05, 0) is 35.4 Å². The first kappa shape index (κ1) is 18.7. The highest BCUT2D eigenvalue weighted by atomic mass is 32.2. The maximum absolute atomic E-state index is 12.4. The summed E-state index contributed by atoms with van der Waals surface area (Å²) in [6.07, 6.45) is 5.21. The molecule has 0 spiro atoms. The molecule has 0 aromatic heterocycles. The van der Waals surface area contributed by atoms with E-state index in [-0.39, 0.29) is 11.8 Å². The fourth-order valence-corrected chi connectivity index (χ4v) is 4.11. The summed E-state index contributed by atoms with van der Waals surface area (Å²) in [7, 11) is 0. The summed E-state index contributed by atoms with van der Waals surface area (Å²) in [5.74, 6) is 1.82. The van der Waals surface area contributed by atoms with Crippen molar-refractivity contribution < 1.29 is 9.59 Å². The SMILES string of the molecule is CCCCCCSCc1ccc(CN2C(=O)c3ccccc3C2=O)cc1. The second kappa shape index (κ2) is 9.04. The van der Waals surface area contributed by atoms with Crippen molar-refractivity contribution in [2.75, 3.05) is 5.75 Å². The monoisotopic (exact) mass is 367 g/mol. The summed E-state index contributed by atoms with van der Waals surface area (Å²) in [6.45, 7) is 2.56. The Morgan fingerprint density at radius 2 is 1.42 bits per heavy atom. The van der Waals surface area contributed by atoms with Gasteiger partial charge in [-0.2, -0.15) is 11.8 Å². The van der Waals surface area contributed by atoms with Crippen molar-refractivity contribution in [3.63, 3.8) is 0 Å². The molecular weight excluding hydrogens is 342 g/mol. The second-order valence-corrected chi connectivity index (χ2v) is 7.78. The third-order valence-electron chi connectivity index (χ3n) is 4.65. The Labute approximate surface area is 159 Å². The van der Waals surface area contributed by atoms with E-state index in [9.17, 15) is 9.59 Å². The highest BCUT2D eigenvalue weighted by Gasteiger charge is 2.34. The topological polar surface area (TPSA) is 37.4 Å². The van der Waals surface area contributed by atoms with Crippen molar-refractivity contribution in [1.82, 2.24) is 4.90 Å². The van der Waals surface area contributed by atoms with Gasteiger partial charge in [0.1, 0.15) is 0 Å². The molecule has 0 saturated heterocycles. The third kappa shape index (κ3) is 4.36. The van der Waals surface area contributed by atoms with Crippen molar-refractivity contribution in [2.45, 2.75) is 44.9 Å². The predicted octanol–water partition coefficient (Wildman–Crippen LogP) is 5.30. The maximum Gasteiger partial charge on any atom is 0.261 e. The molecule has 2 aromatic carbocycles. The number of hydrogen-bond donors (Lipinski definition) is 0. The van der Waals surface area contributed by atoms with Gasteiger partial charge in [0.15, 0.2) is 0 Å². The van der Waals surface area contributed by atoms with E-state index in [0.717, 1.165) is 11.3 Å². The van der Waals surface area contributed by atoms with Crippen LogP contribution in [0.4, 0.5) is 0 Å². The van der Waals surface area contributed by atoms with Crippen LogP contribution in [0.1, 0.15) is 64.4 Å². The van der Waals surface area contributed by atoms with Crippen molar-refractivity contribution in [3.8, 4) is 0 Å². The molecule has 3 nitrogen and oxygen atoms in total. The Hall–Kier alpha value is -2.07. The number of imide groups is 1. The molecule has 1 aliphatic rings. The molecule has 0 unspecified atom stereocenters. The Morgan fingerprint density at radius 1 is 0.808 bits per heavy atom. The molecule has 4 heteroatoms. The van der Waals surface area contributed by atoms with Gasteiger partial charge >= 0.3 is 0 Å². The number of carbonyl (C=O) groups excluding carboxylic acids is 2. The van der Waals surface area contributed by atoms with Gasteiger partial charge in [-0.3, -0.25) is 14.5 Å². The van der Waals surface area contributed by atoms with E-state index in [2.05, 4.69) is 19.1 Å². The number of rotatable bonds is 9. The molecule has 0 bridgehead atoms. The van der Waals surface area contributed by atoms with E-state index in [0.29, 0.717) is 17.7 Å². The van der Waals surface area contributed by atoms with Gasteiger partial charge in [0.2, 0.25) is 0 Å². The molecule has 0 aliphatic carbocycles. The molecule has 0 fully saturated rings. The number of thioether (sulfide) groups is 1. The lowest BCUT2D eigenvalue weighted by atomic mass is 10.1. The zero-order chi connectivity index (χ0) is 18.4. The lowest BCUT2D eigenvalue weighted by Gasteiger charge is -2.14. The number of carbonyl (C=O) groups is 2. The van der Waals surface area contributed by atoms with Gasteiger partial charge in [-0.1, -0.05) is 62.6 Å². The van der Waals surface area contributed by atoms with Crippen LogP contribution in [-0.2, 0) is 12.3 Å². The van der Waals surface area contributed by atoms with Gasteiger partial charge in [0, 0.05) is 5.75 Å². The lowest BCUT2D eigenvalue weighted by Crippen LogP contribution is -2.29. The molecule has 3 rings (SSSR count). The minimum atomic E-state index is -0.197. The quantitative estimate of drug-likeness (QED) is 0.446. The molecular formula is C22H25NO2S. The summed E-state index contributed by atoms with van der Waals surface area (Å²) < 4.78 is 0. The number of unbranched alkanes of at least 4 members (excludes halogenated alkanes) is 3. The van der Waals surface area contributed by atoms with Crippen LogP contribution in [0.2, 0.25) is 0 Å². The van der Waals surface area contributed by atoms with Crippen LogP contribution in [-0.4, -0.2) is 22.5 Å². The molecule has 0 saturated carbocycles. The Morgan fingerprint density at radius 3 is 2.04 bits per heavy atom. The minimum absolute atomic E-state index is 0.197. The van der Waals surface area contributed by atoms with Crippen LogP contribution in [0, 0.1) is 0 Å². The van der Waals surface area contributed by atoms with Crippen LogP contribution in [0.25, 0.3) is 0 Å². The average molecular weight is 368 g/mol. The van der Waals surface area contributed by atoms with Crippen LogP contribution < -0.4 is 0 Å². The first-order valence-electron chi connectivity index (χ1n) is 9.31. The molecule has 1 aliphatic heterocycles. The highest BCUT2D eigenvalue weighted by molar-refractivity contribution is 7.98. The van der Waals surface area contributed by atoms with Gasteiger partial charge in [0.05, 0.1) is 17.7 Å². The number of amides is 2. The third-order valence-corrected chi connectivity index (χ3v) is 5.77. The molecule has 2 amide bonds. The van der Waals surface area contributed by atoms with Gasteiger partial charge < -0.3 is 0 Å². The van der Waals surface area contributed by atoms with E-state index >= 15 is 0 Å². The summed E-state index contributed by atoms with van der Waals surface area (Å²) in [5.41, 5.74) is 3.29. The number of hydrogen-bond acceptors (Lipinski definition) is 3. The average Bonchev–Trinajstić information content (AvgIpc) is 2.91. The smallest absolute Gasteiger partial charge is 0.261 e. The zero-order valence-electron chi connectivity index (χ0n) is 15.2. The molecule has 1 heterocycles. The van der Waals surface area contributed by atoms with E-state index in [1.807, 2.05) is 23.9 Å². The van der Waals surface area contributed by atoms with E-state index < -0.39 is 0 Å². The fourth-order valence-electron chi connectivity index (χ4n) is 3.13. The van der Waals surface area contributed by atoms with E-state index in [1.54, 1.807) is 24.3 Å². The van der Waals surface area contributed by atoms with E-state index in [1.165, 1.54) is 41.9 Å². The van der Waals surface area contributed by atoms with Crippen LogP contribution in [0.5, 0.6) is 0 Å². The predicted molar refractivity (Wildman–Crippen MR) is 107 cm³/mol. The summed E-state index contributed by atoms with van der Waals surface area (Å²) in [5, 5.41) is 0. The molecule has 26 heavy (non-hydrogen) atoms. The number of nitrogens with zero attached hydrogens (tertiary/aromatic N) is 1.